The number of halogens is 1. The number of nitrogens with zero attached hydrogens (tertiary/aromatic N) is 2. The van der Waals surface area contributed by atoms with Crippen molar-refractivity contribution < 1.29 is 17.9 Å². The summed E-state index contributed by atoms with van der Waals surface area (Å²) in [5, 5.41) is 0.118. The van der Waals surface area contributed by atoms with Crippen molar-refractivity contribution in [1.29, 1.82) is 0 Å². The first-order valence-corrected chi connectivity index (χ1v) is 12.4. The number of ether oxygens (including phenoxy) is 1. The van der Waals surface area contributed by atoms with Crippen molar-refractivity contribution in [3.05, 3.63) is 64.7 Å². The summed E-state index contributed by atoms with van der Waals surface area (Å²) in [4.78, 5) is 15.4. The minimum absolute atomic E-state index is 0.0272. The Labute approximate surface area is 188 Å². The van der Waals surface area contributed by atoms with E-state index in [1.165, 1.54) is 16.4 Å². The molecule has 0 aromatic heterocycles. The fourth-order valence-electron chi connectivity index (χ4n) is 3.94. The van der Waals surface area contributed by atoms with Crippen molar-refractivity contribution >= 4 is 27.5 Å². The summed E-state index contributed by atoms with van der Waals surface area (Å²) in [6.45, 7) is 3.79. The lowest BCUT2D eigenvalue weighted by Gasteiger charge is -2.30. The maximum atomic E-state index is 13.5. The zero-order valence-electron chi connectivity index (χ0n) is 17.5. The number of sulfonamides is 1. The molecule has 166 valence electrons. The number of amides is 1. The standard InChI is InChI=1S/C23H27ClN2O4S/c1-17(19-7-8-19)26(16-18-5-3-2-4-6-18)23(27)20-9-10-21(24)22(15-20)31(28,29)25-11-13-30-14-12-25/h2-6,9-10,15,17,19H,7-8,11-14,16H2,1H3. The predicted octanol–water partition coefficient (Wildman–Crippen LogP) is 3.80. The third kappa shape index (κ3) is 4.95. The zero-order chi connectivity index (χ0) is 22.0. The SMILES string of the molecule is CC(C1CC1)N(Cc1ccccc1)C(=O)c1ccc(Cl)c(S(=O)(=O)N2CCOCC2)c1. The molecule has 0 bridgehead atoms. The fourth-order valence-corrected chi connectivity index (χ4v) is 5.85. The van der Waals surface area contributed by atoms with Crippen molar-refractivity contribution in [1.82, 2.24) is 9.21 Å². The molecule has 0 radical (unpaired) electrons. The van der Waals surface area contributed by atoms with Crippen LogP contribution in [0.3, 0.4) is 0 Å². The monoisotopic (exact) mass is 462 g/mol. The molecule has 1 saturated carbocycles. The second-order valence-corrected chi connectivity index (χ2v) is 10.5. The maximum absolute atomic E-state index is 13.5. The van der Waals surface area contributed by atoms with Crippen LogP contribution in [0.4, 0.5) is 0 Å². The first-order chi connectivity index (χ1) is 14.9. The van der Waals surface area contributed by atoms with E-state index >= 15 is 0 Å². The average molecular weight is 463 g/mol. The lowest BCUT2D eigenvalue weighted by molar-refractivity contribution is 0.0653. The van der Waals surface area contributed by atoms with Crippen LogP contribution in [0.15, 0.2) is 53.4 Å². The van der Waals surface area contributed by atoms with Gasteiger partial charge >= 0.3 is 0 Å². The van der Waals surface area contributed by atoms with E-state index in [2.05, 4.69) is 6.92 Å². The van der Waals surface area contributed by atoms with Crippen LogP contribution in [0, 0.1) is 5.92 Å². The molecular formula is C23H27ClN2O4S. The quantitative estimate of drug-likeness (QED) is 0.627. The van der Waals surface area contributed by atoms with Gasteiger partial charge in [0.1, 0.15) is 4.90 Å². The topological polar surface area (TPSA) is 66.9 Å². The number of morpholine rings is 1. The highest BCUT2D eigenvalue weighted by Crippen LogP contribution is 2.36. The van der Waals surface area contributed by atoms with Gasteiger partial charge in [-0.15, -0.1) is 0 Å². The molecule has 2 aromatic carbocycles. The highest BCUT2D eigenvalue weighted by atomic mass is 35.5. The van der Waals surface area contributed by atoms with Crippen molar-refractivity contribution in [2.45, 2.75) is 37.2 Å². The van der Waals surface area contributed by atoms with E-state index in [-0.39, 0.29) is 35.0 Å². The van der Waals surface area contributed by atoms with E-state index in [1.54, 1.807) is 6.07 Å². The summed E-state index contributed by atoms with van der Waals surface area (Å²) in [7, 11) is -3.81. The minimum atomic E-state index is -3.81. The van der Waals surface area contributed by atoms with Gasteiger partial charge in [0.15, 0.2) is 0 Å². The average Bonchev–Trinajstić information content (AvgIpc) is 3.64. The number of rotatable bonds is 7. The van der Waals surface area contributed by atoms with Crippen molar-refractivity contribution in [3.63, 3.8) is 0 Å². The highest BCUT2D eigenvalue weighted by molar-refractivity contribution is 7.89. The van der Waals surface area contributed by atoms with Crippen LogP contribution < -0.4 is 0 Å². The van der Waals surface area contributed by atoms with Crippen molar-refractivity contribution in [2.75, 3.05) is 26.3 Å². The molecule has 1 saturated heterocycles. The Kier molecular flexibility index (Phi) is 6.67. The molecule has 0 N–H and O–H groups in total. The molecule has 2 aliphatic rings. The van der Waals surface area contributed by atoms with Crippen LogP contribution in [0.2, 0.25) is 5.02 Å². The van der Waals surface area contributed by atoms with Gasteiger partial charge in [-0.2, -0.15) is 4.31 Å². The molecular weight excluding hydrogens is 436 g/mol. The van der Waals surface area contributed by atoms with Gasteiger partial charge in [0.25, 0.3) is 5.91 Å². The molecule has 2 fully saturated rings. The lowest BCUT2D eigenvalue weighted by Crippen LogP contribution is -2.41. The van der Waals surface area contributed by atoms with Crippen LogP contribution in [-0.2, 0) is 21.3 Å². The van der Waals surface area contributed by atoms with Crippen LogP contribution in [0.1, 0.15) is 35.7 Å². The Morgan fingerprint density at radius 2 is 1.84 bits per heavy atom. The van der Waals surface area contributed by atoms with E-state index in [0.717, 1.165) is 18.4 Å². The predicted molar refractivity (Wildman–Crippen MR) is 120 cm³/mol. The molecule has 0 spiro atoms. The van der Waals surface area contributed by atoms with Gasteiger partial charge in [0.2, 0.25) is 10.0 Å². The molecule has 8 heteroatoms. The molecule has 31 heavy (non-hydrogen) atoms. The molecule has 1 heterocycles. The molecule has 6 nitrogen and oxygen atoms in total. The summed E-state index contributed by atoms with van der Waals surface area (Å²) < 4.78 is 32.9. The normalized spacial score (nSPS) is 18.5. The summed E-state index contributed by atoms with van der Waals surface area (Å²) in [6, 6.07) is 14.5. The van der Waals surface area contributed by atoms with E-state index in [0.29, 0.717) is 31.2 Å². The highest BCUT2D eigenvalue weighted by Gasteiger charge is 2.35. The maximum Gasteiger partial charge on any atom is 0.254 e. The Hall–Kier alpha value is -1.93. The van der Waals surface area contributed by atoms with E-state index < -0.39 is 10.0 Å². The van der Waals surface area contributed by atoms with Crippen LogP contribution in [0.5, 0.6) is 0 Å². The summed E-state index contributed by atoms with van der Waals surface area (Å²) >= 11 is 6.27. The Bertz CT molecular complexity index is 1030. The van der Waals surface area contributed by atoms with Crippen LogP contribution >= 0.6 is 11.6 Å². The largest absolute Gasteiger partial charge is 0.379 e. The molecule has 1 aliphatic heterocycles. The molecule has 1 amide bonds. The second kappa shape index (κ2) is 9.28. The number of carbonyl (C=O) groups is 1. The van der Waals surface area contributed by atoms with Gasteiger partial charge in [-0.25, -0.2) is 8.42 Å². The summed E-state index contributed by atoms with van der Waals surface area (Å²) in [6.07, 6.45) is 2.22. The first-order valence-electron chi connectivity index (χ1n) is 10.6. The Balaban J connectivity index is 1.65. The Morgan fingerprint density at radius 3 is 2.48 bits per heavy atom. The molecule has 1 unspecified atom stereocenters. The smallest absolute Gasteiger partial charge is 0.254 e. The Morgan fingerprint density at radius 1 is 1.16 bits per heavy atom. The van der Waals surface area contributed by atoms with Gasteiger partial charge in [0, 0.05) is 31.2 Å². The van der Waals surface area contributed by atoms with Gasteiger partial charge in [-0.1, -0.05) is 41.9 Å². The molecule has 2 aromatic rings. The number of carbonyl (C=O) groups excluding carboxylic acids is 1. The third-order valence-corrected chi connectivity index (χ3v) is 8.40. The number of hydrogen-bond donors (Lipinski definition) is 0. The summed E-state index contributed by atoms with van der Waals surface area (Å²) in [5.74, 6) is 0.301. The van der Waals surface area contributed by atoms with E-state index in [1.807, 2.05) is 35.2 Å². The minimum Gasteiger partial charge on any atom is -0.379 e. The van der Waals surface area contributed by atoms with Gasteiger partial charge < -0.3 is 9.64 Å². The lowest BCUT2D eigenvalue weighted by atomic mass is 10.1. The van der Waals surface area contributed by atoms with Gasteiger partial charge in [-0.3, -0.25) is 4.79 Å². The molecule has 1 aliphatic carbocycles. The van der Waals surface area contributed by atoms with Crippen molar-refractivity contribution in [3.8, 4) is 0 Å². The molecule has 1 atom stereocenters. The fraction of sp³-hybridized carbons (Fsp3) is 0.435. The number of benzene rings is 2. The van der Waals surface area contributed by atoms with Crippen LogP contribution in [-0.4, -0.2) is 55.9 Å². The van der Waals surface area contributed by atoms with Gasteiger partial charge in [0.05, 0.1) is 18.2 Å². The van der Waals surface area contributed by atoms with Gasteiger partial charge in [-0.05, 0) is 49.4 Å². The summed E-state index contributed by atoms with van der Waals surface area (Å²) in [5.41, 5.74) is 1.37. The van der Waals surface area contributed by atoms with E-state index in [4.69, 9.17) is 16.3 Å². The first kappa shape index (κ1) is 22.3. The van der Waals surface area contributed by atoms with Crippen LogP contribution in [0.25, 0.3) is 0 Å². The van der Waals surface area contributed by atoms with E-state index in [9.17, 15) is 13.2 Å². The zero-order valence-corrected chi connectivity index (χ0v) is 19.1. The number of hydrogen-bond acceptors (Lipinski definition) is 4. The van der Waals surface area contributed by atoms with Crippen molar-refractivity contribution in [2.24, 2.45) is 5.92 Å². The second-order valence-electron chi connectivity index (χ2n) is 8.16. The molecule has 4 rings (SSSR count). The third-order valence-electron chi connectivity index (χ3n) is 6.02.